The van der Waals surface area contributed by atoms with Crippen LogP contribution in [0.4, 0.5) is 5.69 Å². The highest BCUT2D eigenvalue weighted by Crippen LogP contribution is 2.32. The van der Waals surface area contributed by atoms with Gasteiger partial charge in [0.1, 0.15) is 5.75 Å². The molecule has 0 amide bonds. The predicted octanol–water partition coefficient (Wildman–Crippen LogP) is 4.42. The van der Waals surface area contributed by atoms with Gasteiger partial charge in [0.05, 0.1) is 10.5 Å². The smallest absolute Gasteiger partial charge is 0.343 e. The van der Waals surface area contributed by atoms with Crippen molar-refractivity contribution in [1.82, 2.24) is 0 Å². The fourth-order valence-corrected chi connectivity index (χ4v) is 2.22. The van der Waals surface area contributed by atoms with Gasteiger partial charge in [-0.15, -0.1) is 0 Å². The summed E-state index contributed by atoms with van der Waals surface area (Å²) in [5.41, 5.74) is 1.81. The molecule has 0 spiro atoms. The maximum Gasteiger partial charge on any atom is 0.343 e. The third kappa shape index (κ3) is 3.94. The number of nitro benzene ring substituents is 1. The Balaban J connectivity index is 2.34. The maximum absolute atomic E-state index is 12.3. The Hall–Kier alpha value is -2.69. The lowest BCUT2D eigenvalue weighted by molar-refractivity contribution is -0.384. The molecule has 0 radical (unpaired) electrons. The van der Waals surface area contributed by atoms with Crippen LogP contribution in [0, 0.1) is 17.0 Å². The van der Waals surface area contributed by atoms with Crippen molar-refractivity contribution in [3.05, 3.63) is 69.3 Å². The predicted molar refractivity (Wildman–Crippen MR) is 87.9 cm³/mol. The van der Waals surface area contributed by atoms with Crippen molar-refractivity contribution in [2.24, 2.45) is 0 Å². The molecule has 0 saturated heterocycles. The molecule has 23 heavy (non-hydrogen) atoms. The molecule has 0 fully saturated rings. The van der Waals surface area contributed by atoms with Gasteiger partial charge in [-0.25, -0.2) is 4.79 Å². The summed E-state index contributed by atoms with van der Waals surface area (Å²) in [6.45, 7) is 8.08. The molecule has 0 unspecified atom stereocenters. The van der Waals surface area contributed by atoms with E-state index in [4.69, 9.17) is 4.74 Å². The van der Waals surface area contributed by atoms with Crippen LogP contribution in [0.2, 0.25) is 0 Å². The van der Waals surface area contributed by atoms with Gasteiger partial charge in [0.15, 0.2) is 0 Å². The first-order valence-corrected chi connectivity index (χ1v) is 7.26. The zero-order chi connectivity index (χ0) is 17.2. The van der Waals surface area contributed by atoms with E-state index in [9.17, 15) is 14.9 Å². The van der Waals surface area contributed by atoms with E-state index in [1.165, 1.54) is 24.3 Å². The Bertz CT molecular complexity index is 760. The van der Waals surface area contributed by atoms with Gasteiger partial charge in [-0.2, -0.15) is 0 Å². The Morgan fingerprint density at radius 2 is 1.83 bits per heavy atom. The third-order valence-corrected chi connectivity index (χ3v) is 3.44. The van der Waals surface area contributed by atoms with Crippen LogP contribution in [0.1, 0.15) is 42.3 Å². The SMILES string of the molecule is Cc1ccc(OC(=O)c2cccc([N+](=O)[O-])c2)c(C(C)(C)C)c1. The third-order valence-electron chi connectivity index (χ3n) is 3.44. The maximum atomic E-state index is 12.3. The van der Waals surface area contributed by atoms with Crippen molar-refractivity contribution in [2.75, 3.05) is 0 Å². The Labute approximate surface area is 135 Å². The molecule has 0 aromatic heterocycles. The lowest BCUT2D eigenvalue weighted by atomic mass is 9.85. The van der Waals surface area contributed by atoms with E-state index in [1.807, 2.05) is 39.8 Å². The second-order valence-electron chi connectivity index (χ2n) is 6.45. The lowest BCUT2D eigenvalue weighted by Gasteiger charge is -2.22. The molecule has 0 N–H and O–H groups in total. The summed E-state index contributed by atoms with van der Waals surface area (Å²) in [5, 5.41) is 10.8. The van der Waals surface area contributed by atoms with E-state index in [-0.39, 0.29) is 16.7 Å². The second-order valence-corrected chi connectivity index (χ2v) is 6.45. The molecule has 0 saturated carbocycles. The molecule has 0 aliphatic heterocycles. The molecule has 2 rings (SSSR count). The van der Waals surface area contributed by atoms with Crippen LogP contribution in [0.3, 0.4) is 0 Å². The number of hydrogen-bond acceptors (Lipinski definition) is 4. The highest BCUT2D eigenvalue weighted by Gasteiger charge is 2.22. The number of esters is 1. The molecule has 5 heteroatoms. The largest absolute Gasteiger partial charge is 0.423 e. The molecule has 5 nitrogen and oxygen atoms in total. The Morgan fingerprint density at radius 1 is 1.13 bits per heavy atom. The molecule has 0 atom stereocenters. The number of benzene rings is 2. The van der Waals surface area contributed by atoms with Gasteiger partial charge < -0.3 is 4.74 Å². The summed E-state index contributed by atoms with van der Waals surface area (Å²) >= 11 is 0. The minimum atomic E-state index is -0.608. The van der Waals surface area contributed by atoms with Gasteiger partial charge in [0.25, 0.3) is 5.69 Å². The quantitative estimate of drug-likeness (QED) is 0.364. The highest BCUT2D eigenvalue weighted by molar-refractivity contribution is 5.91. The van der Waals surface area contributed by atoms with Crippen molar-refractivity contribution < 1.29 is 14.5 Å². The summed E-state index contributed by atoms with van der Waals surface area (Å²) < 4.78 is 5.49. The van der Waals surface area contributed by atoms with Gasteiger partial charge in [0, 0.05) is 17.7 Å². The zero-order valence-corrected chi connectivity index (χ0v) is 13.6. The summed E-state index contributed by atoms with van der Waals surface area (Å²) in [6, 6.07) is 11.1. The molecule has 2 aromatic rings. The fourth-order valence-electron chi connectivity index (χ4n) is 2.22. The van der Waals surface area contributed by atoms with E-state index in [0.29, 0.717) is 5.75 Å². The average molecular weight is 313 g/mol. The minimum absolute atomic E-state index is 0.139. The second kappa shape index (κ2) is 6.20. The van der Waals surface area contributed by atoms with E-state index >= 15 is 0 Å². The summed E-state index contributed by atoms with van der Waals surface area (Å²) in [5.74, 6) is -0.136. The molecular formula is C18H19NO4. The first-order chi connectivity index (χ1) is 10.7. The summed E-state index contributed by atoms with van der Waals surface area (Å²) in [7, 11) is 0. The van der Waals surface area contributed by atoms with Gasteiger partial charge in [-0.1, -0.05) is 44.5 Å². The monoisotopic (exact) mass is 313 g/mol. The van der Waals surface area contributed by atoms with Crippen LogP contribution >= 0.6 is 0 Å². The average Bonchev–Trinajstić information content (AvgIpc) is 2.48. The molecular weight excluding hydrogens is 294 g/mol. The molecule has 0 aliphatic carbocycles. The van der Waals surface area contributed by atoms with Crippen LogP contribution in [0.5, 0.6) is 5.75 Å². The van der Waals surface area contributed by atoms with Gasteiger partial charge in [-0.3, -0.25) is 10.1 Å². The van der Waals surface area contributed by atoms with E-state index < -0.39 is 10.9 Å². The van der Waals surface area contributed by atoms with Crippen molar-refractivity contribution in [3.8, 4) is 5.75 Å². The number of hydrogen-bond donors (Lipinski definition) is 0. The minimum Gasteiger partial charge on any atom is -0.423 e. The van der Waals surface area contributed by atoms with Crippen LogP contribution in [-0.2, 0) is 5.41 Å². The standard InChI is InChI=1S/C18H19NO4/c1-12-8-9-16(15(10-12)18(2,3)4)23-17(20)13-6-5-7-14(11-13)19(21)22/h5-11H,1-4H3. The topological polar surface area (TPSA) is 69.4 Å². The van der Waals surface area contributed by atoms with E-state index in [1.54, 1.807) is 6.07 Å². The molecule has 120 valence electrons. The first kappa shape index (κ1) is 16.7. The van der Waals surface area contributed by atoms with Crippen LogP contribution in [-0.4, -0.2) is 10.9 Å². The Kier molecular flexibility index (Phi) is 4.50. The zero-order valence-electron chi connectivity index (χ0n) is 13.6. The highest BCUT2D eigenvalue weighted by atomic mass is 16.6. The molecule has 0 bridgehead atoms. The van der Waals surface area contributed by atoms with Gasteiger partial charge in [0.2, 0.25) is 0 Å². The number of ether oxygens (including phenoxy) is 1. The fraction of sp³-hybridized carbons (Fsp3) is 0.278. The number of aryl methyl sites for hydroxylation is 1. The van der Waals surface area contributed by atoms with Crippen molar-refractivity contribution in [2.45, 2.75) is 33.1 Å². The number of carbonyl (C=O) groups is 1. The van der Waals surface area contributed by atoms with E-state index in [0.717, 1.165) is 11.1 Å². The molecule has 2 aromatic carbocycles. The summed E-state index contributed by atoms with van der Waals surface area (Å²) in [6.07, 6.45) is 0. The Morgan fingerprint density at radius 3 is 2.43 bits per heavy atom. The van der Waals surface area contributed by atoms with Crippen LogP contribution in [0.15, 0.2) is 42.5 Å². The van der Waals surface area contributed by atoms with Crippen molar-refractivity contribution >= 4 is 11.7 Å². The number of nitrogens with zero attached hydrogens (tertiary/aromatic N) is 1. The lowest BCUT2D eigenvalue weighted by Crippen LogP contribution is -2.16. The number of rotatable bonds is 3. The van der Waals surface area contributed by atoms with Gasteiger partial charge >= 0.3 is 5.97 Å². The van der Waals surface area contributed by atoms with E-state index in [2.05, 4.69) is 0 Å². The molecule has 0 aliphatic rings. The van der Waals surface area contributed by atoms with Crippen molar-refractivity contribution in [3.63, 3.8) is 0 Å². The van der Waals surface area contributed by atoms with Crippen LogP contribution in [0.25, 0.3) is 0 Å². The normalized spacial score (nSPS) is 11.1. The number of nitro groups is 1. The summed E-state index contributed by atoms with van der Waals surface area (Å²) in [4.78, 5) is 22.6. The van der Waals surface area contributed by atoms with Gasteiger partial charge in [-0.05, 0) is 24.5 Å². The van der Waals surface area contributed by atoms with Crippen molar-refractivity contribution in [1.29, 1.82) is 0 Å². The first-order valence-electron chi connectivity index (χ1n) is 7.26. The number of carbonyl (C=O) groups excluding carboxylic acids is 1. The van der Waals surface area contributed by atoms with Crippen LogP contribution < -0.4 is 4.74 Å². The molecule has 0 heterocycles. The number of non-ortho nitro benzene ring substituents is 1.